The highest BCUT2D eigenvalue weighted by atomic mass is 16.4. The molecule has 0 aliphatic heterocycles. The van der Waals surface area contributed by atoms with Crippen molar-refractivity contribution in [3.63, 3.8) is 0 Å². The Bertz CT molecular complexity index is 1330. The number of oxime groups is 1. The van der Waals surface area contributed by atoms with Gasteiger partial charge in [0.2, 0.25) is 5.78 Å². The van der Waals surface area contributed by atoms with E-state index in [-0.39, 0.29) is 23.0 Å². The molecule has 150 valence electrons. The third kappa shape index (κ3) is 3.12. The molecule has 0 aliphatic carbocycles. The molecule has 0 saturated carbocycles. The quantitative estimate of drug-likeness (QED) is 0.218. The predicted molar refractivity (Wildman–Crippen MR) is 116 cm³/mol. The van der Waals surface area contributed by atoms with Crippen LogP contribution < -0.4 is 0 Å². The maximum Gasteiger partial charge on any atom is 0.210 e. The molecule has 0 radical (unpaired) electrons. The zero-order chi connectivity index (χ0) is 21.4. The Balaban J connectivity index is 1.91. The molecule has 0 amide bonds. The van der Waals surface area contributed by atoms with Gasteiger partial charge in [-0.1, -0.05) is 5.16 Å². The van der Waals surface area contributed by atoms with Crippen molar-refractivity contribution in [3.8, 4) is 5.75 Å². The van der Waals surface area contributed by atoms with Gasteiger partial charge in [-0.3, -0.25) is 9.59 Å². The second kappa shape index (κ2) is 7.48. The van der Waals surface area contributed by atoms with Gasteiger partial charge in [-0.15, -0.1) is 0 Å². The summed E-state index contributed by atoms with van der Waals surface area (Å²) in [7, 11) is 0. The Hall–Kier alpha value is -3.93. The minimum Gasteiger partial charge on any atom is -0.508 e. The zero-order valence-corrected chi connectivity index (χ0v) is 16.6. The molecule has 0 bridgehead atoms. The fourth-order valence-electron chi connectivity index (χ4n) is 3.76. The van der Waals surface area contributed by atoms with E-state index in [9.17, 15) is 14.7 Å². The molecule has 3 aromatic carbocycles. The summed E-state index contributed by atoms with van der Waals surface area (Å²) in [4.78, 5) is 25.4. The first-order valence-corrected chi connectivity index (χ1v) is 9.57. The van der Waals surface area contributed by atoms with Crippen LogP contribution in [0.15, 0.2) is 65.8 Å². The Morgan fingerprint density at radius 2 is 1.40 bits per heavy atom. The number of aryl methyl sites for hydroxylation is 1. The number of rotatable bonds is 5. The van der Waals surface area contributed by atoms with E-state index >= 15 is 0 Å². The number of aromatic nitrogens is 1. The Morgan fingerprint density at radius 1 is 0.867 bits per heavy atom. The van der Waals surface area contributed by atoms with Crippen molar-refractivity contribution in [2.75, 3.05) is 0 Å². The molecule has 0 unspecified atom stereocenters. The van der Waals surface area contributed by atoms with Crippen LogP contribution in [-0.2, 0) is 6.54 Å². The summed E-state index contributed by atoms with van der Waals surface area (Å²) >= 11 is 0. The fraction of sp³-hybridized carbons (Fsp3) is 0.125. The SMILES string of the molecule is CCn1c2ccc(C(=O)/C(C)=N/O)cc2c2cc(C(=O)c3ccc(O)cc3)ccc21. The van der Waals surface area contributed by atoms with Gasteiger partial charge in [0.25, 0.3) is 0 Å². The van der Waals surface area contributed by atoms with Crippen molar-refractivity contribution < 1.29 is 19.9 Å². The van der Waals surface area contributed by atoms with E-state index in [0.29, 0.717) is 16.7 Å². The lowest BCUT2D eigenvalue weighted by Gasteiger charge is -2.05. The van der Waals surface area contributed by atoms with Crippen LogP contribution in [0.2, 0.25) is 0 Å². The van der Waals surface area contributed by atoms with Crippen LogP contribution in [0.5, 0.6) is 5.75 Å². The van der Waals surface area contributed by atoms with Gasteiger partial charge in [-0.05, 0) is 74.5 Å². The average molecular weight is 400 g/mol. The normalized spacial score (nSPS) is 11.9. The highest BCUT2D eigenvalue weighted by Gasteiger charge is 2.17. The highest BCUT2D eigenvalue weighted by Crippen LogP contribution is 2.31. The van der Waals surface area contributed by atoms with Crippen LogP contribution in [-0.4, -0.2) is 32.2 Å². The number of ketones is 2. The second-order valence-electron chi connectivity index (χ2n) is 7.10. The Kier molecular flexibility index (Phi) is 4.83. The Morgan fingerprint density at radius 3 is 1.97 bits per heavy atom. The largest absolute Gasteiger partial charge is 0.508 e. The molecule has 6 nitrogen and oxygen atoms in total. The topological polar surface area (TPSA) is 91.9 Å². The first-order valence-electron chi connectivity index (χ1n) is 9.57. The van der Waals surface area contributed by atoms with Gasteiger partial charge in [0.1, 0.15) is 11.5 Å². The summed E-state index contributed by atoms with van der Waals surface area (Å²) < 4.78 is 2.13. The molecule has 6 heteroatoms. The van der Waals surface area contributed by atoms with E-state index in [4.69, 9.17) is 5.21 Å². The van der Waals surface area contributed by atoms with Crippen molar-refractivity contribution >= 4 is 39.1 Å². The molecule has 30 heavy (non-hydrogen) atoms. The summed E-state index contributed by atoms with van der Waals surface area (Å²) in [6.07, 6.45) is 0. The molecular formula is C24H20N2O4. The number of carbonyl (C=O) groups excluding carboxylic acids is 2. The molecule has 0 fully saturated rings. The Labute approximate surface area is 172 Å². The standard InChI is InChI=1S/C24H20N2O4/c1-3-26-21-10-6-16(23(28)14(2)25-30)12-19(21)20-13-17(7-11-22(20)26)24(29)15-4-8-18(27)9-5-15/h4-13,27,30H,3H2,1-2H3/b25-14+. The maximum absolute atomic E-state index is 12.9. The lowest BCUT2D eigenvalue weighted by atomic mass is 10.00. The molecule has 1 heterocycles. The highest BCUT2D eigenvalue weighted by molar-refractivity contribution is 6.45. The van der Waals surface area contributed by atoms with E-state index < -0.39 is 0 Å². The number of hydrogen-bond acceptors (Lipinski definition) is 5. The van der Waals surface area contributed by atoms with Gasteiger partial charge in [-0.25, -0.2) is 0 Å². The van der Waals surface area contributed by atoms with Crippen LogP contribution in [0, 0.1) is 0 Å². The molecule has 2 N–H and O–H groups in total. The number of phenols is 1. The van der Waals surface area contributed by atoms with Gasteiger partial charge in [-0.2, -0.15) is 0 Å². The molecular weight excluding hydrogens is 380 g/mol. The average Bonchev–Trinajstić information content (AvgIpc) is 3.10. The van der Waals surface area contributed by atoms with Crippen LogP contribution >= 0.6 is 0 Å². The van der Waals surface area contributed by atoms with Crippen molar-refractivity contribution in [1.82, 2.24) is 4.57 Å². The smallest absolute Gasteiger partial charge is 0.210 e. The lowest BCUT2D eigenvalue weighted by molar-refractivity contribution is 0.103. The van der Waals surface area contributed by atoms with Gasteiger partial charge in [0.15, 0.2) is 5.78 Å². The zero-order valence-electron chi connectivity index (χ0n) is 16.6. The van der Waals surface area contributed by atoms with E-state index in [2.05, 4.69) is 9.72 Å². The number of nitrogens with zero attached hydrogens (tertiary/aromatic N) is 2. The number of phenolic OH excluding ortho intramolecular Hbond substituents is 1. The minimum absolute atomic E-state index is 0.0109. The van der Waals surface area contributed by atoms with E-state index in [0.717, 1.165) is 28.4 Å². The summed E-state index contributed by atoms with van der Waals surface area (Å²) in [5.41, 5.74) is 3.36. The first kappa shape index (κ1) is 19.4. The van der Waals surface area contributed by atoms with E-state index in [1.54, 1.807) is 30.3 Å². The first-order chi connectivity index (χ1) is 14.4. The number of hydrogen-bond donors (Lipinski definition) is 2. The lowest BCUT2D eigenvalue weighted by Crippen LogP contribution is -2.10. The number of aromatic hydroxyl groups is 1. The number of fused-ring (bicyclic) bond motifs is 3. The van der Waals surface area contributed by atoms with Gasteiger partial charge in [0.05, 0.1) is 0 Å². The molecule has 0 spiro atoms. The molecule has 0 saturated heterocycles. The minimum atomic E-state index is -0.354. The molecule has 4 aromatic rings. The maximum atomic E-state index is 12.9. The molecule has 4 rings (SSSR count). The van der Waals surface area contributed by atoms with Gasteiger partial charge < -0.3 is 14.9 Å². The van der Waals surface area contributed by atoms with E-state index in [1.165, 1.54) is 19.1 Å². The van der Waals surface area contributed by atoms with Crippen molar-refractivity contribution in [2.24, 2.45) is 5.16 Å². The van der Waals surface area contributed by atoms with Crippen molar-refractivity contribution in [2.45, 2.75) is 20.4 Å². The van der Waals surface area contributed by atoms with Crippen molar-refractivity contribution in [1.29, 1.82) is 0 Å². The van der Waals surface area contributed by atoms with Gasteiger partial charge >= 0.3 is 0 Å². The molecule has 0 atom stereocenters. The van der Waals surface area contributed by atoms with Crippen molar-refractivity contribution in [3.05, 3.63) is 77.4 Å². The van der Waals surface area contributed by atoms with E-state index in [1.807, 2.05) is 25.1 Å². The van der Waals surface area contributed by atoms with Crippen LogP contribution in [0.25, 0.3) is 21.8 Å². The summed E-state index contributed by atoms with van der Waals surface area (Å²) in [6, 6.07) is 17.0. The second-order valence-corrected chi connectivity index (χ2v) is 7.10. The third-order valence-corrected chi connectivity index (χ3v) is 5.31. The monoisotopic (exact) mass is 400 g/mol. The predicted octanol–water partition coefficient (Wildman–Crippen LogP) is 4.78. The number of benzene rings is 3. The van der Waals surface area contributed by atoms with Gasteiger partial charge in [0, 0.05) is 45.0 Å². The van der Waals surface area contributed by atoms with Crippen LogP contribution in [0.1, 0.15) is 40.1 Å². The number of carbonyl (C=O) groups is 2. The summed E-state index contributed by atoms with van der Waals surface area (Å²) in [5, 5.41) is 23.1. The van der Waals surface area contributed by atoms with Crippen LogP contribution in [0.3, 0.4) is 0 Å². The van der Waals surface area contributed by atoms with Crippen LogP contribution in [0.4, 0.5) is 0 Å². The fourth-order valence-corrected chi connectivity index (χ4v) is 3.76. The third-order valence-electron chi connectivity index (χ3n) is 5.31. The summed E-state index contributed by atoms with van der Waals surface area (Å²) in [6.45, 7) is 4.22. The molecule has 1 aromatic heterocycles. The molecule has 0 aliphatic rings. The summed E-state index contributed by atoms with van der Waals surface area (Å²) in [5.74, 6) is -0.398. The number of Topliss-reactive ketones (excluding diaryl/α,β-unsaturated/α-hetero) is 1.